The van der Waals surface area contributed by atoms with Gasteiger partial charge in [-0.25, -0.2) is 9.59 Å². The number of carbonyl (C=O) groups is 2. The highest BCUT2D eigenvalue weighted by atomic mass is 17.0. The molecule has 0 rings (SSSR count). The molecular formula is C34H70O8. The zero-order valence-electron chi connectivity index (χ0n) is 28.8. The normalized spacial score (nSPS) is 13.3. The van der Waals surface area contributed by atoms with Crippen molar-refractivity contribution < 1.29 is 39.1 Å². The highest BCUT2D eigenvalue weighted by Crippen LogP contribution is 2.17. The molecule has 0 heterocycles. The summed E-state index contributed by atoms with van der Waals surface area (Å²) in [4.78, 5) is 23.2. The average molecular weight is 607 g/mol. The molecule has 0 aromatic rings. The number of unbranched alkanes of at least 4 members (excludes halogenated alkanes) is 4. The van der Waals surface area contributed by atoms with E-state index in [1.165, 1.54) is 51.4 Å². The number of hydrogen-bond acceptors (Lipinski definition) is 8. The third-order valence-electron chi connectivity index (χ3n) is 7.92. The molecule has 0 spiro atoms. The van der Waals surface area contributed by atoms with E-state index < -0.39 is 12.3 Å². The van der Waals surface area contributed by atoms with Gasteiger partial charge in [0.15, 0.2) is 0 Å². The number of ether oxygens (including phenoxy) is 4. The fourth-order valence-corrected chi connectivity index (χ4v) is 4.42. The van der Waals surface area contributed by atoms with E-state index in [-0.39, 0.29) is 0 Å². The van der Waals surface area contributed by atoms with E-state index in [4.69, 9.17) is 29.5 Å². The summed E-state index contributed by atoms with van der Waals surface area (Å²) in [5.41, 5.74) is 0. The van der Waals surface area contributed by atoms with E-state index in [2.05, 4.69) is 55.4 Å². The molecule has 8 heteroatoms. The average Bonchev–Trinajstić information content (AvgIpc) is 3.02. The lowest BCUT2D eigenvalue weighted by molar-refractivity contribution is -0.176. The van der Waals surface area contributed by atoms with Crippen LogP contribution in [-0.2, 0) is 18.9 Å². The van der Waals surface area contributed by atoms with Gasteiger partial charge in [-0.1, -0.05) is 132 Å². The van der Waals surface area contributed by atoms with Crippen molar-refractivity contribution >= 4 is 12.3 Å². The number of rotatable bonds is 24. The zero-order valence-corrected chi connectivity index (χ0v) is 28.8. The van der Waals surface area contributed by atoms with Gasteiger partial charge >= 0.3 is 12.3 Å². The highest BCUT2D eigenvalue weighted by Gasteiger charge is 2.15. The Morgan fingerprint density at radius 2 is 0.619 bits per heavy atom. The predicted molar refractivity (Wildman–Crippen MR) is 173 cm³/mol. The van der Waals surface area contributed by atoms with Gasteiger partial charge in [-0.2, -0.15) is 0 Å². The van der Waals surface area contributed by atoms with Gasteiger partial charge in [0.25, 0.3) is 0 Å². The van der Waals surface area contributed by atoms with Gasteiger partial charge in [-0.15, -0.1) is 0 Å². The van der Waals surface area contributed by atoms with Crippen LogP contribution >= 0.6 is 0 Å². The molecule has 0 aliphatic heterocycles. The Labute approximate surface area is 259 Å². The minimum absolute atomic E-state index is 0.476. The second-order valence-corrected chi connectivity index (χ2v) is 11.4. The molecule has 0 aliphatic carbocycles. The Morgan fingerprint density at radius 3 is 0.762 bits per heavy atom. The molecule has 8 nitrogen and oxygen atoms in total. The standard InChI is InChI=1S/2C17H34O3.H2O2/c2*1-5-9-11-15(7-3)13-19-17(18)20-14-16(8-4)12-10-6-2;1-2/h2*15-16H,5-14H2,1-4H3;1-2H. The molecule has 0 saturated heterocycles. The largest absolute Gasteiger partial charge is 0.508 e. The molecule has 0 bridgehead atoms. The van der Waals surface area contributed by atoms with Crippen molar-refractivity contribution in [2.45, 2.75) is 158 Å². The second-order valence-electron chi connectivity index (χ2n) is 11.4. The maximum absolute atomic E-state index is 11.6. The first kappa shape index (κ1) is 44.9. The Morgan fingerprint density at radius 1 is 0.429 bits per heavy atom. The molecule has 254 valence electrons. The van der Waals surface area contributed by atoms with Crippen LogP contribution in [0.15, 0.2) is 0 Å². The molecule has 0 amide bonds. The predicted octanol–water partition coefficient (Wildman–Crippen LogP) is 11.2. The third-order valence-corrected chi connectivity index (χ3v) is 7.92. The number of hydrogen-bond donors (Lipinski definition) is 2. The van der Waals surface area contributed by atoms with Crippen molar-refractivity contribution in [3.8, 4) is 0 Å². The molecule has 4 unspecified atom stereocenters. The maximum atomic E-state index is 11.6. The quantitative estimate of drug-likeness (QED) is 0.0634. The van der Waals surface area contributed by atoms with Crippen molar-refractivity contribution in [2.75, 3.05) is 26.4 Å². The Hall–Kier alpha value is -1.54. The lowest BCUT2D eigenvalue weighted by Gasteiger charge is -2.17. The molecule has 0 radical (unpaired) electrons. The minimum atomic E-state index is -0.491. The monoisotopic (exact) mass is 607 g/mol. The topological polar surface area (TPSA) is 112 Å². The van der Waals surface area contributed by atoms with E-state index in [1.54, 1.807) is 0 Å². The zero-order chi connectivity index (χ0) is 32.4. The molecule has 0 aromatic carbocycles. The minimum Gasteiger partial charge on any atom is -0.434 e. The van der Waals surface area contributed by atoms with Gasteiger partial charge in [-0.05, 0) is 49.4 Å². The molecule has 0 saturated carbocycles. The lowest BCUT2D eigenvalue weighted by atomic mass is 10.0. The van der Waals surface area contributed by atoms with Crippen LogP contribution in [-0.4, -0.2) is 49.3 Å². The summed E-state index contributed by atoms with van der Waals surface area (Å²) in [6, 6.07) is 0. The molecule has 0 fully saturated rings. The molecule has 2 N–H and O–H groups in total. The summed E-state index contributed by atoms with van der Waals surface area (Å²) in [5, 5.41) is 12.0. The smallest absolute Gasteiger partial charge is 0.434 e. The van der Waals surface area contributed by atoms with E-state index >= 15 is 0 Å². The van der Waals surface area contributed by atoms with Gasteiger partial charge in [-0.3, -0.25) is 10.5 Å². The van der Waals surface area contributed by atoms with E-state index in [0.717, 1.165) is 51.4 Å². The molecule has 42 heavy (non-hydrogen) atoms. The van der Waals surface area contributed by atoms with Gasteiger partial charge in [0.2, 0.25) is 0 Å². The Bertz CT molecular complexity index is 466. The van der Waals surface area contributed by atoms with Crippen molar-refractivity contribution in [3.05, 3.63) is 0 Å². The van der Waals surface area contributed by atoms with Gasteiger partial charge in [0.05, 0.1) is 26.4 Å². The van der Waals surface area contributed by atoms with Crippen LogP contribution in [0.5, 0.6) is 0 Å². The van der Waals surface area contributed by atoms with Gasteiger partial charge < -0.3 is 18.9 Å². The van der Waals surface area contributed by atoms with E-state index in [9.17, 15) is 9.59 Å². The van der Waals surface area contributed by atoms with Crippen LogP contribution in [0.2, 0.25) is 0 Å². The Kier molecular flexibility index (Phi) is 38.1. The highest BCUT2D eigenvalue weighted by molar-refractivity contribution is 5.60. The Balaban J connectivity index is -0.000000683. The summed E-state index contributed by atoms with van der Waals surface area (Å²) in [6.07, 6.45) is 17.3. The summed E-state index contributed by atoms with van der Waals surface area (Å²) in [7, 11) is 0. The van der Waals surface area contributed by atoms with Crippen molar-refractivity contribution in [1.82, 2.24) is 0 Å². The van der Waals surface area contributed by atoms with Crippen LogP contribution < -0.4 is 0 Å². The SMILES string of the molecule is CCCCC(CC)COC(=O)OCC(CC)CCCC.CCCCC(CC)COC(=O)OCC(CC)CCCC.OO. The van der Waals surface area contributed by atoms with Crippen LogP contribution in [0.4, 0.5) is 9.59 Å². The van der Waals surface area contributed by atoms with Gasteiger partial charge in [0.1, 0.15) is 0 Å². The van der Waals surface area contributed by atoms with Crippen LogP contribution in [0.25, 0.3) is 0 Å². The van der Waals surface area contributed by atoms with Crippen LogP contribution in [0, 0.1) is 23.7 Å². The summed E-state index contributed by atoms with van der Waals surface area (Å²) < 4.78 is 20.9. The summed E-state index contributed by atoms with van der Waals surface area (Å²) in [5.74, 6) is 1.91. The molecule has 4 atom stereocenters. The maximum Gasteiger partial charge on any atom is 0.508 e. The van der Waals surface area contributed by atoms with Crippen molar-refractivity contribution in [1.29, 1.82) is 0 Å². The summed E-state index contributed by atoms with van der Waals surface area (Å²) in [6.45, 7) is 19.3. The fraction of sp³-hybridized carbons (Fsp3) is 0.941. The number of carbonyl (C=O) groups excluding carboxylic acids is 2. The van der Waals surface area contributed by atoms with E-state index in [1.807, 2.05) is 0 Å². The lowest BCUT2D eigenvalue weighted by Crippen LogP contribution is -2.18. The summed E-state index contributed by atoms with van der Waals surface area (Å²) >= 11 is 0. The van der Waals surface area contributed by atoms with Crippen molar-refractivity contribution in [2.24, 2.45) is 23.7 Å². The van der Waals surface area contributed by atoms with Crippen LogP contribution in [0.3, 0.4) is 0 Å². The van der Waals surface area contributed by atoms with Gasteiger partial charge in [0, 0.05) is 0 Å². The first-order valence-electron chi connectivity index (χ1n) is 17.1. The first-order valence-corrected chi connectivity index (χ1v) is 17.1. The van der Waals surface area contributed by atoms with Crippen molar-refractivity contribution in [3.63, 3.8) is 0 Å². The fourth-order valence-electron chi connectivity index (χ4n) is 4.42. The third kappa shape index (κ3) is 29.9. The molecule has 0 aliphatic rings. The first-order chi connectivity index (χ1) is 20.3. The van der Waals surface area contributed by atoms with Crippen LogP contribution in [0.1, 0.15) is 158 Å². The molecule has 0 aromatic heterocycles. The molecular weight excluding hydrogens is 536 g/mol. The second kappa shape index (κ2) is 35.7. The van der Waals surface area contributed by atoms with E-state index in [0.29, 0.717) is 50.1 Å².